The summed E-state index contributed by atoms with van der Waals surface area (Å²) in [5.41, 5.74) is 1.86. The summed E-state index contributed by atoms with van der Waals surface area (Å²) >= 11 is 3.71. The summed E-state index contributed by atoms with van der Waals surface area (Å²) in [6, 6.07) is 4.21. The Morgan fingerprint density at radius 3 is 3.07 bits per heavy atom. The second kappa shape index (κ2) is 4.01. The molecule has 2 atom stereocenters. The van der Waals surface area contributed by atoms with Gasteiger partial charge in [0.1, 0.15) is 0 Å². The van der Waals surface area contributed by atoms with E-state index in [9.17, 15) is 0 Å². The van der Waals surface area contributed by atoms with E-state index in [4.69, 9.17) is 0 Å². The van der Waals surface area contributed by atoms with Crippen molar-refractivity contribution >= 4 is 15.9 Å². The summed E-state index contributed by atoms with van der Waals surface area (Å²) in [7, 11) is 0. The highest BCUT2D eigenvalue weighted by Gasteiger charge is 2.33. The largest absolute Gasteiger partial charge is 0.264 e. The van der Waals surface area contributed by atoms with Gasteiger partial charge in [0.2, 0.25) is 0 Å². The molecule has 2 unspecified atom stereocenters. The van der Waals surface area contributed by atoms with Crippen molar-refractivity contribution in [2.45, 2.75) is 37.4 Å². The molecule has 0 spiro atoms. The molecular formula is C12H16BrN. The normalized spacial score (nSPS) is 32.0. The van der Waals surface area contributed by atoms with Gasteiger partial charge in [0.05, 0.1) is 0 Å². The lowest BCUT2D eigenvalue weighted by molar-refractivity contribution is 0.335. The molecule has 0 aliphatic heterocycles. The quantitative estimate of drug-likeness (QED) is 0.735. The summed E-state index contributed by atoms with van der Waals surface area (Å²) in [4.78, 5) is 4.89. The van der Waals surface area contributed by atoms with Crippen LogP contribution >= 0.6 is 15.9 Å². The second-order valence-corrected chi connectivity index (χ2v) is 5.98. The van der Waals surface area contributed by atoms with Gasteiger partial charge < -0.3 is 0 Å². The molecule has 76 valence electrons. The molecule has 1 aromatic heterocycles. The zero-order valence-electron chi connectivity index (χ0n) is 8.54. The van der Waals surface area contributed by atoms with Crippen LogP contribution in [0.2, 0.25) is 0 Å². The van der Waals surface area contributed by atoms with Crippen molar-refractivity contribution in [1.29, 1.82) is 0 Å². The molecule has 0 amide bonds. The van der Waals surface area contributed by atoms with Crippen LogP contribution in [0.1, 0.15) is 31.7 Å². The number of alkyl halides is 1. The molecular weight excluding hydrogens is 238 g/mol. The minimum Gasteiger partial charge on any atom is -0.264 e. The molecule has 1 saturated carbocycles. The average Bonchev–Trinajstić information content (AvgIpc) is 2.47. The summed E-state index contributed by atoms with van der Waals surface area (Å²) in [6.45, 7) is 2.39. The highest BCUT2D eigenvalue weighted by molar-refractivity contribution is 9.09. The Hall–Kier alpha value is -0.370. The van der Waals surface area contributed by atoms with Crippen molar-refractivity contribution in [2.75, 3.05) is 0 Å². The van der Waals surface area contributed by atoms with Gasteiger partial charge in [-0.2, -0.15) is 0 Å². The number of halogens is 1. The van der Waals surface area contributed by atoms with Crippen LogP contribution in [-0.2, 0) is 6.42 Å². The minimum absolute atomic E-state index is 0.483. The van der Waals surface area contributed by atoms with Crippen molar-refractivity contribution in [2.24, 2.45) is 5.41 Å². The lowest BCUT2D eigenvalue weighted by atomic mass is 9.83. The topological polar surface area (TPSA) is 12.9 Å². The molecule has 0 N–H and O–H groups in total. The molecule has 1 aromatic rings. The fourth-order valence-electron chi connectivity index (χ4n) is 2.40. The van der Waals surface area contributed by atoms with Crippen molar-refractivity contribution in [3.63, 3.8) is 0 Å². The van der Waals surface area contributed by atoms with Crippen LogP contribution in [0.3, 0.4) is 0 Å². The number of hydrogen-bond acceptors (Lipinski definition) is 1. The summed E-state index contributed by atoms with van der Waals surface area (Å²) in [6.07, 6.45) is 8.94. The molecule has 2 heteroatoms. The first-order valence-electron chi connectivity index (χ1n) is 5.21. The van der Waals surface area contributed by atoms with Gasteiger partial charge in [-0.15, -0.1) is 0 Å². The number of rotatable bonds is 2. The van der Waals surface area contributed by atoms with E-state index < -0.39 is 0 Å². The maximum atomic E-state index is 4.17. The minimum atomic E-state index is 0.483. The van der Waals surface area contributed by atoms with Crippen molar-refractivity contribution < 1.29 is 0 Å². The Labute approximate surface area is 94.1 Å². The van der Waals surface area contributed by atoms with Gasteiger partial charge in [0, 0.05) is 17.2 Å². The first-order valence-corrected chi connectivity index (χ1v) is 6.13. The fourth-order valence-corrected chi connectivity index (χ4v) is 3.41. The van der Waals surface area contributed by atoms with E-state index in [1.54, 1.807) is 0 Å². The van der Waals surface area contributed by atoms with E-state index in [0.29, 0.717) is 5.41 Å². The predicted octanol–water partition coefficient (Wildman–Crippen LogP) is 3.58. The van der Waals surface area contributed by atoms with Crippen LogP contribution in [0.5, 0.6) is 0 Å². The van der Waals surface area contributed by atoms with Gasteiger partial charge in [-0.3, -0.25) is 4.98 Å². The van der Waals surface area contributed by atoms with Crippen LogP contribution in [0.25, 0.3) is 0 Å². The summed E-state index contributed by atoms with van der Waals surface area (Å²) < 4.78 is 0. The first kappa shape index (κ1) is 10.2. The smallest absolute Gasteiger partial charge is 0.0300 e. The van der Waals surface area contributed by atoms with Gasteiger partial charge in [-0.05, 0) is 42.7 Å². The van der Waals surface area contributed by atoms with Crippen molar-refractivity contribution in [3.05, 3.63) is 30.1 Å². The molecule has 1 fully saturated rings. The highest BCUT2D eigenvalue weighted by Crippen LogP contribution is 2.43. The summed E-state index contributed by atoms with van der Waals surface area (Å²) in [5, 5.41) is 0. The van der Waals surface area contributed by atoms with Gasteiger partial charge in [-0.25, -0.2) is 0 Å². The average molecular weight is 254 g/mol. The SMILES string of the molecule is CC1(Cc2cccnc2)CCC(Br)C1. The molecule has 0 aromatic carbocycles. The Kier molecular flexibility index (Phi) is 2.91. The van der Waals surface area contributed by atoms with Crippen molar-refractivity contribution in [1.82, 2.24) is 4.98 Å². The zero-order chi connectivity index (χ0) is 10.0. The van der Waals surface area contributed by atoms with Crippen LogP contribution in [0.15, 0.2) is 24.5 Å². The molecule has 14 heavy (non-hydrogen) atoms. The van der Waals surface area contributed by atoms with E-state index in [0.717, 1.165) is 4.83 Å². The second-order valence-electron chi connectivity index (χ2n) is 4.69. The van der Waals surface area contributed by atoms with Crippen LogP contribution < -0.4 is 0 Å². The molecule has 0 saturated heterocycles. The van der Waals surface area contributed by atoms with E-state index in [1.807, 2.05) is 18.5 Å². The van der Waals surface area contributed by atoms with Gasteiger partial charge in [-0.1, -0.05) is 28.9 Å². The van der Waals surface area contributed by atoms with E-state index in [1.165, 1.54) is 31.2 Å². The third kappa shape index (κ3) is 2.35. The third-order valence-corrected chi connectivity index (χ3v) is 3.91. The predicted molar refractivity (Wildman–Crippen MR) is 62.6 cm³/mol. The van der Waals surface area contributed by atoms with Crippen molar-refractivity contribution in [3.8, 4) is 0 Å². The maximum absolute atomic E-state index is 4.17. The molecule has 1 nitrogen and oxygen atoms in total. The van der Waals surface area contributed by atoms with Gasteiger partial charge >= 0.3 is 0 Å². The standard InChI is InChI=1S/C12H16BrN/c1-12(5-4-11(13)8-12)7-10-3-2-6-14-9-10/h2-3,6,9,11H,4-5,7-8H2,1H3. The number of aromatic nitrogens is 1. The van der Waals surface area contributed by atoms with Gasteiger partial charge in [0.15, 0.2) is 0 Å². The van der Waals surface area contributed by atoms with Crippen LogP contribution in [-0.4, -0.2) is 9.81 Å². The van der Waals surface area contributed by atoms with E-state index >= 15 is 0 Å². The van der Waals surface area contributed by atoms with E-state index in [-0.39, 0.29) is 0 Å². The number of nitrogens with zero attached hydrogens (tertiary/aromatic N) is 1. The lowest BCUT2D eigenvalue weighted by Gasteiger charge is -2.23. The highest BCUT2D eigenvalue weighted by atomic mass is 79.9. The molecule has 1 aliphatic rings. The molecule has 1 aliphatic carbocycles. The van der Waals surface area contributed by atoms with Crippen LogP contribution in [0.4, 0.5) is 0 Å². The Morgan fingerprint density at radius 2 is 2.50 bits per heavy atom. The van der Waals surface area contributed by atoms with E-state index in [2.05, 4.69) is 33.9 Å². The summed E-state index contributed by atoms with van der Waals surface area (Å²) in [5.74, 6) is 0. The number of hydrogen-bond donors (Lipinski definition) is 0. The molecule has 0 radical (unpaired) electrons. The Balaban J connectivity index is 2.04. The lowest BCUT2D eigenvalue weighted by Crippen LogP contribution is -2.15. The Bertz CT molecular complexity index is 298. The maximum Gasteiger partial charge on any atom is 0.0300 e. The fraction of sp³-hybridized carbons (Fsp3) is 0.583. The monoisotopic (exact) mass is 253 g/mol. The Morgan fingerprint density at radius 1 is 1.64 bits per heavy atom. The third-order valence-electron chi connectivity index (χ3n) is 3.13. The van der Waals surface area contributed by atoms with Crippen LogP contribution in [0, 0.1) is 5.41 Å². The zero-order valence-corrected chi connectivity index (χ0v) is 10.1. The molecule has 2 rings (SSSR count). The molecule has 0 bridgehead atoms. The van der Waals surface area contributed by atoms with Gasteiger partial charge in [0.25, 0.3) is 0 Å². The molecule has 1 heterocycles. The first-order chi connectivity index (χ1) is 6.68. The number of pyridine rings is 1.